The van der Waals surface area contributed by atoms with E-state index in [1.54, 1.807) is 44.3 Å². The Hall–Kier alpha value is -3.02. The van der Waals surface area contributed by atoms with Crippen molar-refractivity contribution in [2.24, 2.45) is 0 Å². The topological polar surface area (TPSA) is 81.1 Å². The Balaban J connectivity index is 0.00000136. The number of likely N-dealkylation sites (N-methyl/N-ethyl adjacent to an activating group) is 2. The molecule has 1 atom stereocenters. The number of rotatable bonds is 3. The fourth-order valence-electron chi connectivity index (χ4n) is 3.45. The molecule has 0 fully saturated rings. The number of anilines is 1. The average molecular weight is 384 g/mol. The summed E-state index contributed by atoms with van der Waals surface area (Å²) in [7, 11) is 1.59. The van der Waals surface area contributed by atoms with Crippen molar-refractivity contribution < 1.29 is 19.8 Å². The zero-order chi connectivity index (χ0) is 20.8. The number of carbonyl (C=O) groups is 2. The lowest BCUT2D eigenvalue weighted by molar-refractivity contribution is -0.131. The quantitative estimate of drug-likeness (QED) is 0.775. The first-order valence-electron chi connectivity index (χ1n) is 9.64. The van der Waals surface area contributed by atoms with E-state index in [4.69, 9.17) is 0 Å². The third-order valence-electron chi connectivity index (χ3n) is 4.83. The van der Waals surface area contributed by atoms with Crippen LogP contribution < -0.4 is 4.90 Å². The van der Waals surface area contributed by atoms with Crippen LogP contribution in [-0.4, -0.2) is 46.6 Å². The molecule has 2 amide bonds. The van der Waals surface area contributed by atoms with Crippen LogP contribution in [0.3, 0.4) is 0 Å². The van der Waals surface area contributed by atoms with Crippen LogP contribution in [0.2, 0.25) is 0 Å². The van der Waals surface area contributed by atoms with Gasteiger partial charge in [-0.15, -0.1) is 0 Å². The molecule has 1 aromatic carbocycles. The average Bonchev–Trinajstić information content (AvgIpc) is 2.91. The third-order valence-corrected chi connectivity index (χ3v) is 4.83. The van der Waals surface area contributed by atoms with Crippen molar-refractivity contribution in [3.8, 4) is 0 Å². The van der Waals surface area contributed by atoms with Crippen molar-refractivity contribution in [2.75, 3.05) is 18.5 Å². The SMILES string of the molecule is CC.CCN(C(=O)C1=C(O)C2=C(O)C=CCCC2N(C)C1=O)c1ccccc1. The first-order chi connectivity index (χ1) is 13.5. The van der Waals surface area contributed by atoms with Gasteiger partial charge in [0.2, 0.25) is 0 Å². The van der Waals surface area contributed by atoms with Gasteiger partial charge in [0.25, 0.3) is 11.8 Å². The molecular weight excluding hydrogens is 356 g/mol. The van der Waals surface area contributed by atoms with E-state index in [2.05, 4.69) is 0 Å². The summed E-state index contributed by atoms with van der Waals surface area (Å²) in [6.45, 7) is 6.14. The van der Waals surface area contributed by atoms with E-state index in [-0.39, 0.29) is 16.9 Å². The molecule has 1 aliphatic heterocycles. The van der Waals surface area contributed by atoms with Crippen LogP contribution in [0.5, 0.6) is 0 Å². The van der Waals surface area contributed by atoms with E-state index >= 15 is 0 Å². The van der Waals surface area contributed by atoms with Crippen LogP contribution in [0, 0.1) is 0 Å². The maximum absolute atomic E-state index is 13.1. The van der Waals surface area contributed by atoms with Crippen molar-refractivity contribution in [3.05, 3.63) is 65.1 Å². The predicted molar refractivity (Wildman–Crippen MR) is 110 cm³/mol. The lowest BCUT2D eigenvalue weighted by Crippen LogP contribution is -2.48. The molecule has 1 aliphatic carbocycles. The number of fused-ring (bicyclic) bond motifs is 1. The van der Waals surface area contributed by atoms with Gasteiger partial charge in [-0.1, -0.05) is 38.1 Å². The molecule has 1 unspecified atom stereocenters. The largest absolute Gasteiger partial charge is 0.507 e. The molecule has 3 rings (SSSR count). The van der Waals surface area contributed by atoms with Crippen LogP contribution in [0.1, 0.15) is 33.6 Å². The molecule has 6 heteroatoms. The molecule has 150 valence electrons. The van der Waals surface area contributed by atoms with Gasteiger partial charge in [0.15, 0.2) is 0 Å². The monoisotopic (exact) mass is 384 g/mol. The summed E-state index contributed by atoms with van der Waals surface area (Å²) in [6.07, 6.45) is 4.53. The van der Waals surface area contributed by atoms with E-state index in [0.717, 1.165) is 0 Å². The molecule has 28 heavy (non-hydrogen) atoms. The zero-order valence-electron chi connectivity index (χ0n) is 16.8. The number of amides is 2. The van der Waals surface area contributed by atoms with Crippen molar-refractivity contribution in [1.82, 2.24) is 4.90 Å². The van der Waals surface area contributed by atoms with E-state index in [1.807, 2.05) is 19.9 Å². The number of benzene rings is 1. The second kappa shape index (κ2) is 9.26. The molecule has 0 aromatic heterocycles. The van der Waals surface area contributed by atoms with Gasteiger partial charge < -0.3 is 20.0 Å². The summed E-state index contributed by atoms with van der Waals surface area (Å²) in [4.78, 5) is 28.8. The Morgan fingerprint density at radius 1 is 1.21 bits per heavy atom. The fourth-order valence-corrected chi connectivity index (χ4v) is 3.45. The number of aliphatic hydroxyl groups excluding tert-OH is 2. The Labute approximate surface area is 166 Å². The first-order valence-corrected chi connectivity index (χ1v) is 9.64. The number of allylic oxidation sites excluding steroid dienone is 2. The maximum atomic E-state index is 13.1. The molecule has 0 saturated heterocycles. The van der Waals surface area contributed by atoms with E-state index < -0.39 is 23.6 Å². The van der Waals surface area contributed by atoms with Crippen LogP contribution in [0.4, 0.5) is 5.69 Å². The maximum Gasteiger partial charge on any atom is 0.267 e. The highest BCUT2D eigenvalue weighted by molar-refractivity contribution is 6.25. The number of hydrogen-bond donors (Lipinski definition) is 2. The molecular formula is C22H28N2O4. The first kappa shape index (κ1) is 21.3. The highest BCUT2D eigenvalue weighted by Crippen LogP contribution is 2.34. The minimum absolute atomic E-state index is 0.114. The summed E-state index contributed by atoms with van der Waals surface area (Å²) >= 11 is 0. The molecule has 2 N–H and O–H groups in total. The Morgan fingerprint density at radius 3 is 2.46 bits per heavy atom. The lowest BCUT2D eigenvalue weighted by atomic mass is 9.91. The van der Waals surface area contributed by atoms with E-state index in [1.165, 1.54) is 15.9 Å². The van der Waals surface area contributed by atoms with Gasteiger partial charge in [-0.3, -0.25) is 9.59 Å². The van der Waals surface area contributed by atoms with Crippen LogP contribution in [0.25, 0.3) is 0 Å². The summed E-state index contributed by atoms with van der Waals surface area (Å²) in [6, 6.07) is 8.52. The molecule has 0 bridgehead atoms. The number of para-hydroxylation sites is 1. The third kappa shape index (κ3) is 3.81. The molecule has 1 aromatic rings. The molecule has 2 aliphatic rings. The van der Waals surface area contributed by atoms with Gasteiger partial charge in [0.05, 0.1) is 11.6 Å². The van der Waals surface area contributed by atoms with Gasteiger partial charge in [-0.05, 0) is 38.0 Å². The summed E-state index contributed by atoms with van der Waals surface area (Å²) in [5.41, 5.74) is 0.552. The minimum Gasteiger partial charge on any atom is -0.507 e. The molecule has 1 heterocycles. The highest BCUT2D eigenvalue weighted by atomic mass is 16.3. The molecule has 6 nitrogen and oxygen atoms in total. The van der Waals surface area contributed by atoms with Gasteiger partial charge in [0.1, 0.15) is 17.1 Å². The summed E-state index contributed by atoms with van der Waals surface area (Å²) in [5, 5.41) is 21.0. The Kier molecular flexibility index (Phi) is 7.04. The predicted octanol–water partition coefficient (Wildman–Crippen LogP) is 3.88. The standard InChI is InChI=1S/C20H22N2O4.C2H6/c1-3-22(13-9-5-4-6-10-13)20(26)17-18(24)16-14(21(2)19(17)25)11-7-8-12-15(16)23;1-2/h4-6,8-10,12,14,23-24H,3,7,11H2,1-2H3;1-2H3. The zero-order valence-corrected chi connectivity index (χ0v) is 16.8. The van der Waals surface area contributed by atoms with Crippen molar-refractivity contribution in [1.29, 1.82) is 0 Å². The highest BCUT2D eigenvalue weighted by Gasteiger charge is 2.42. The van der Waals surface area contributed by atoms with Crippen molar-refractivity contribution in [3.63, 3.8) is 0 Å². The van der Waals surface area contributed by atoms with Gasteiger partial charge >= 0.3 is 0 Å². The smallest absolute Gasteiger partial charge is 0.267 e. The van der Waals surface area contributed by atoms with Gasteiger partial charge in [0, 0.05) is 19.3 Å². The minimum atomic E-state index is -0.583. The summed E-state index contributed by atoms with van der Waals surface area (Å²) < 4.78 is 0. The lowest BCUT2D eigenvalue weighted by Gasteiger charge is -2.36. The second-order valence-corrected chi connectivity index (χ2v) is 6.32. The molecule has 0 saturated carbocycles. The second-order valence-electron chi connectivity index (χ2n) is 6.32. The Bertz CT molecular complexity index is 824. The van der Waals surface area contributed by atoms with Crippen LogP contribution >= 0.6 is 0 Å². The normalized spacial score (nSPS) is 18.9. The van der Waals surface area contributed by atoms with Crippen molar-refractivity contribution in [2.45, 2.75) is 39.7 Å². The van der Waals surface area contributed by atoms with Gasteiger partial charge in [-0.2, -0.15) is 0 Å². The summed E-state index contributed by atoms with van der Waals surface area (Å²) in [5.74, 6) is -1.66. The van der Waals surface area contributed by atoms with Gasteiger partial charge in [-0.25, -0.2) is 0 Å². The number of nitrogens with zero attached hydrogens (tertiary/aromatic N) is 2. The number of carbonyl (C=O) groups excluding carboxylic acids is 2. The van der Waals surface area contributed by atoms with E-state index in [9.17, 15) is 19.8 Å². The van der Waals surface area contributed by atoms with Crippen molar-refractivity contribution >= 4 is 17.5 Å². The van der Waals surface area contributed by atoms with Crippen LogP contribution in [0.15, 0.2) is 65.1 Å². The van der Waals surface area contributed by atoms with E-state index in [0.29, 0.717) is 25.1 Å². The fraction of sp³-hybridized carbons (Fsp3) is 0.364. The Morgan fingerprint density at radius 2 is 1.86 bits per heavy atom. The number of aliphatic hydroxyl groups is 2. The molecule has 0 radical (unpaired) electrons. The van der Waals surface area contributed by atoms with Crippen LogP contribution in [-0.2, 0) is 9.59 Å². The number of hydrogen-bond acceptors (Lipinski definition) is 4. The molecule has 0 spiro atoms.